The van der Waals surface area contributed by atoms with E-state index in [4.69, 9.17) is 4.74 Å². The molecule has 0 aromatic heterocycles. The van der Waals surface area contributed by atoms with E-state index in [-0.39, 0.29) is 17.0 Å². The van der Waals surface area contributed by atoms with Crippen molar-refractivity contribution in [2.75, 3.05) is 19.5 Å². The molecule has 1 amide bonds. The van der Waals surface area contributed by atoms with E-state index in [1.165, 1.54) is 6.42 Å². The van der Waals surface area contributed by atoms with Gasteiger partial charge in [-0.15, -0.1) is 0 Å². The lowest BCUT2D eigenvalue weighted by molar-refractivity contribution is -0.146. The molecule has 0 bridgehead atoms. The summed E-state index contributed by atoms with van der Waals surface area (Å²) in [5.41, 5.74) is -0.316. The Morgan fingerprint density at radius 2 is 2.06 bits per heavy atom. The summed E-state index contributed by atoms with van der Waals surface area (Å²) in [6.07, 6.45) is 3.71. The van der Waals surface area contributed by atoms with Gasteiger partial charge in [-0.1, -0.05) is 15.9 Å². The van der Waals surface area contributed by atoms with Gasteiger partial charge in [-0.2, -0.15) is 0 Å². The normalized spacial score (nSPS) is 19.1. The van der Waals surface area contributed by atoms with E-state index in [0.29, 0.717) is 6.42 Å². The quantitative estimate of drug-likeness (QED) is 0.729. The second kappa shape index (κ2) is 5.05. The van der Waals surface area contributed by atoms with Gasteiger partial charge in [0, 0.05) is 25.0 Å². The number of halogens is 1. The first-order chi connectivity index (χ1) is 7.37. The van der Waals surface area contributed by atoms with Crippen molar-refractivity contribution < 1.29 is 9.53 Å². The van der Waals surface area contributed by atoms with Crippen molar-refractivity contribution in [3.05, 3.63) is 0 Å². The number of nitrogens with zero attached hydrogens (tertiary/aromatic N) is 1. The number of carbonyl (C=O) groups excluding carboxylic acids is 1. The lowest BCUT2D eigenvalue weighted by atomic mass is 9.77. The summed E-state index contributed by atoms with van der Waals surface area (Å²) in [5, 5.41) is 0.780. The van der Waals surface area contributed by atoms with E-state index in [9.17, 15) is 4.79 Å². The second-order valence-electron chi connectivity index (χ2n) is 5.32. The number of carbonyl (C=O) groups is 1. The average molecular weight is 292 g/mol. The van der Waals surface area contributed by atoms with Crippen LogP contribution in [0.1, 0.15) is 39.5 Å². The maximum absolute atomic E-state index is 12.1. The van der Waals surface area contributed by atoms with Crippen LogP contribution in [-0.4, -0.2) is 41.4 Å². The molecular formula is C12H22BrNO2. The van der Waals surface area contributed by atoms with Crippen molar-refractivity contribution in [1.82, 2.24) is 4.90 Å². The van der Waals surface area contributed by atoms with Crippen molar-refractivity contribution in [2.24, 2.45) is 0 Å². The van der Waals surface area contributed by atoms with Gasteiger partial charge in [0.05, 0.1) is 12.0 Å². The Morgan fingerprint density at radius 3 is 2.38 bits per heavy atom. The Labute approximate surface area is 107 Å². The molecule has 1 rings (SSSR count). The fraction of sp³-hybridized carbons (Fsp3) is 0.917. The van der Waals surface area contributed by atoms with Gasteiger partial charge in [-0.25, -0.2) is 0 Å². The van der Waals surface area contributed by atoms with E-state index in [0.717, 1.165) is 18.2 Å². The summed E-state index contributed by atoms with van der Waals surface area (Å²) in [7, 11) is 3.58. The number of hydrogen-bond donors (Lipinski definition) is 0. The Morgan fingerprint density at radius 1 is 1.50 bits per heavy atom. The van der Waals surface area contributed by atoms with Crippen LogP contribution in [0.4, 0.5) is 0 Å². The highest BCUT2D eigenvalue weighted by Gasteiger charge is 2.41. The molecule has 0 unspecified atom stereocenters. The van der Waals surface area contributed by atoms with Crippen LogP contribution in [0.25, 0.3) is 0 Å². The van der Waals surface area contributed by atoms with Gasteiger partial charge in [0.15, 0.2) is 0 Å². The summed E-state index contributed by atoms with van der Waals surface area (Å²) in [4.78, 5) is 14.0. The SMILES string of the molecule is COC1(CC(=O)N(C)C(C)(C)CBr)CCC1. The van der Waals surface area contributed by atoms with Crippen molar-refractivity contribution in [3.8, 4) is 0 Å². The van der Waals surface area contributed by atoms with Crippen molar-refractivity contribution in [1.29, 1.82) is 0 Å². The van der Waals surface area contributed by atoms with Gasteiger partial charge in [-0.05, 0) is 33.1 Å². The van der Waals surface area contributed by atoms with Crippen LogP contribution >= 0.6 is 15.9 Å². The summed E-state index contributed by atoms with van der Waals surface area (Å²) < 4.78 is 5.48. The molecule has 1 aliphatic rings. The lowest BCUT2D eigenvalue weighted by Gasteiger charge is -2.43. The van der Waals surface area contributed by atoms with E-state index in [1.54, 1.807) is 7.11 Å². The number of amides is 1. The standard InChI is InChI=1S/C12H22BrNO2/c1-11(2,9-13)14(3)10(15)8-12(16-4)6-5-7-12/h5-9H2,1-4H3. The molecule has 1 aliphatic carbocycles. The minimum absolute atomic E-state index is 0.143. The first kappa shape index (κ1) is 14.0. The number of methoxy groups -OCH3 is 1. The third-order valence-electron chi connectivity index (χ3n) is 3.78. The Kier molecular flexibility index (Phi) is 4.41. The molecular weight excluding hydrogens is 270 g/mol. The third-order valence-corrected chi connectivity index (χ3v) is 5.15. The van der Waals surface area contributed by atoms with Crippen LogP contribution in [0.15, 0.2) is 0 Å². The smallest absolute Gasteiger partial charge is 0.225 e. The van der Waals surface area contributed by atoms with Crippen LogP contribution in [0.5, 0.6) is 0 Å². The van der Waals surface area contributed by atoms with Gasteiger partial charge in [0.25, 0.3) is 0 Å². The lowest BCUT2D eigenvalue weighted by Crippen LogP contribution is -2.50. The molecule has 0 saturated heterocycles. The second-order valence-corrected chi connectivity index (χ2v) is 5.88. The van der Waals surface area contributed by atoms with E-state index in [2.05, 4.69) is 29.8 Å². The third kappa shape index (κ3) is 2.77. The Balaban J connectivity index is 2.58. The monoisotopic (exact) mass is 291 g/mol. The molecule has 0 atom stereocenters. The van der Waals surface area contributed by atoms with Crippen LogP contribution < -0.4 is 0 Å². The molecule has 94 valence electrons. The summed E-state index contributed by atoms with van der Waals surface area (Å²) in [6.45, 7) is 4.11. The zero-order chi connectivity index (χ0) is 12.4. The molecule has 3 nitrogen and oxygen atoms in total. The molecule has 0 heterocycles. The van der Waals surface area contributed by atoms with Crippen molar-refractivity contribution in [2.45, 2.75) is 50.7 Å². The number of rotatable bonds is 5. The van der Waals surface area contributed by atoms with Gasteiger partial charge in [0.1, 0.15) is 0 Å². The molecule has 16 heavy (non-hydrogen) atoms. The predicted octanol–water partition coefficient (Wildman–Crippen LogP) is 2.58. The van der Waals surface area contributed by atoms with Crippen molar-refractivity contribution >= 4 is 21.8 Å². The molecule has 0 spiro atoms. The van der Waals surface area contributed by atoms with E-state index in [1.807, 2.05) is 11.9 Å². The summed E-state index contributed by atoms with van der Waals surface area (Å²) in [5.74, 6) is 0.172. The largest absolute Gasteiger partial charge is 0.378 e. The maximum atomic E-state index is 12.1. The zero-order valence-corrected chi connectivity index (χ0v) is 12.3. The summed E-state index contributed by atoms with van der Waals surface area (Å²) in [6, 6.07) is 0. The number of alkyl halides is 1. The Hall–Kier alpha value is -0.0900. The number of hydrogen-bond acceptors (Lipinski definition) is 2. The van der Waals surface area contributed by atoms with Gasteiger partial charge < -0.3 is 9.64 Å². The molecule has 0 aliphatic heterocycles. The van der Waals surface area contributed by atoms with Crippen LogP contribution in [-0.2, 0) is 9.53 Å². The molecule has 0 radical (unpaired) electrons. The molecule has 0 aromatic rings. The highest BCUT2D eigenvalue weighted by Crippen LogP contribution is 2.38. The predicted molar refractivity (Wildman–Crippen MR) is 68.9 cm³/mol. The first-order valence-electron chi connectivity index (χ1n) is 5.75. The molecule has 1 saturated carbocycles. The number of ether oxygens (including phenoxy) is 1. The topological polar surface area (TPSA) is 29.5 Å². The van der Waals surface area contributed by atoms with E-state index >= 15 is 0 Å². The summed E-state index contributed by atoms with van der Waals surface area (Å²) >= 11 is 3.44. The van der Waals surface area contributed by atoms with Gasteiger partial charge >= 0.3 is 0 Å². The molecule has 4 heteroatoms. The maximum Gasteiger partial charge on any atom is 0.225 e. The van der Waals surface area contributed by atoms with Gasteiger partial charge in [-0.3, -0.25) is 4.79 Å². The fourth-order valence-corrected chi connectivity index (χ4v) is 2.22. The minimum Gasteiger partial charge on any atom is -0.378 e. The molecule has 0 aromatic carbocycles. The Bertz CT molecular complexity index is 256. The zero-order valence-electron chi connectivity index (χ0n) is 10.7. The highest BCUT2D eigenvalue weighted by atomic mass is 79.9. The van der Waals surface area contributed by atoms with Crippen LogP contribution in [0.3, 0.4) is 0 Å². The average Bonchev–Trinajstić information content (AvgIpc) is 2.22. The minimum atomic E-state index is -0.173. The van der Waals surface area contributed by atoms with E-state index < -0.39 is 0 Å². The van der Waals surface area contributed by atoms with Gasteiger partial charge in [0.2, 0.25) is 5.91 Å². The fourth-order valence-electron chi connectivity index (χ4n) is 1.85. The van der Waals surface area contributed by atoms with Crippen LogP contribution in [0.2, 0.25) is 0 Å². The first-order valence-corrected chi connectivity index (χ1v) is 6.87. The van der Waals surface area contributed by atoms with Crippen LogP contribution in [0, 0.1) is 0 Å². The highest BCUT2D eigenvalue weighted by molar-refractivity contribution is 9.09. The van der Waals surface area contributed by atoms with Crippen molar-refractivity contribution in [3.63, 3.8) is 0 Å². The molecule has 1 fully saturated rings. The molecule has 0 N–H and O–H groups in total.